The van der Waals surface area contributed by atoms with Crippen LogP contribution in [0.4, 0.5) is 14.5 Å². The standard InChI is InChI=1S/C26H20ClF2NO3/c1-14(10-24(31)30-23-9-8-18(28)11-22(23)29)19-12-20-21(16-4-6-17(27)7-5-16)13-33-26(20)15(2)25(19)32-3/h4-13H,1-3H3,(H,30,31)/b14-10+. The Labute approximate surface area is 194 Å². The molecule has 4 nitrogen and oxygen atoms in total. The number of amides is 1. The molecule has 1 aromatic heterocycles. The van der Waals surface area contributed by atoms with Gasteiger partial charge in [-0.1, -0.05) is 23.7 Å². The lowest BCUT2D eigenvalue weighted by atomic mass is 9.96. The second-order valence-electron chi connectivity index (χ2n) is 7.56. The monoisotopic (exact) mass is 467 g/mol. The summed E-state index contributed by atoms with van der Waals surface area (Å²) >= 11 is 6.02. The maximum Gasteiger partial charge on any atom is 0.248 e. The first-order valence-corrected chi connectivity index (χ1v) is 10.5. The number of methoxy groups -OCH3 is 1. The molecule has 0 saturated carbocycles. The molecule has 0 spiro atoms. The fourth-order valence-electron chi connectivity index (χ4n) is 3.76. The van der Waals surface area contributed by atoms with Gasteiger partial charge in [-0.3, -0.25) is 4.79 Å². The first-order chi connectivity index (χ1) is 15.8. The fourth-order valence-corrected chi connectivity index (χ4v) is 3.88. The van der Waals surface area contributed by atoms with Crippen molar-refractivity contribution < 1.29 is 22.7 Å². The molecule has 4 rings (SSSR count). The summed E-state index contributed by atoms with van der Waals surface area (Å²) in [5.41, 5.74) is 4.44. The van der Waals surface area contributed by atoms with E-state index in [-0.39, 0.29) is 5.69 Å². The number of aryl methyl sites for hydroxylation is 1. The number of rotatable bonds is 5. The van der Waals surface area contributed by atoms with E-state index in [4.69, 9.17) is 20.8 Å². The molecule has 0 aliphatic rings. The van der Waals surface area contributed by atoms with Crippen molar-refractivity contribution in [3.8, 4) is 16.9 Å². The minimum atomic E-state index is -0.852. The highest BCUT2D eigenvalue weighted by Crippen LogP contribution is 2.40. The summed E-state index contributed by atoms with van der Waals surface area (Å²) in [6.45, 7) is 3.63. The molecule has 0 bridgehead atoms. The van der Waals surface area contributed by atoms with Crippen molar-refractivity contribution in [3.05, 3.63) is 88.7 Å². The normalized spacial score (nSPS) is 11.6. The molecule has 168 valence electrons. The van der Waals surface area contributed by atoms with Crippen LogP contribution in [0.25, 0.3) is 27.7 Å². The Balaban J connectivity index is 1.75. The second kappa shape index (κ2) is 9.08. The van der Waals surface area contributed by atoms with E-state index < -0.39 is 17.5 Å². The first-order valence-electron chi connectivity index (χ1n) is 10.1. The molecule has 3 aromatic carbocycles. The summed E-state index contributed by atoms with van der Waals surface area (Å²) in [6.07, 6.45) is 3.02. The summed E-state index contributed by atoms with van der Waals surface area (Å²) < 4.78 is 38.5. The Morgan fingerprint density at radius 2 is 1.85 bits per heavy atom. The van der Waals surface area contributed by atoms with Gasteiger partial charge in [0, 0.05) is 39.2 Å². The van der Waals surface area contributed by atoms with Crippen LogP contribution in [-0.4, -0.2) is 13.0 Å². The number of benzene rings is 3. The van der Waals surface area contributed by atoms with Gasteiger partial charge in [-0.15, -0.1) is 0 Å². The Kier molecular flexibility index (Phi) is 6.20. The van der Waals surface area contributed by atoms with Gasteiger partial charge < -0.3 is 14.5 Å². The Morgan fingerprint density at radius 1 is 1.12 bits per heavy atom. The van der Waals surface area contributed by atoms with E-state index in [2.05, 4.69) is 5.32 Å². The smallest absolute Gasteiger partial charge is 0.248 e. The maximum atomic E-state index is 13.9. The van der Waals surface area contributed by atoms with Gasteiger partial charge in [0.25, 0.3) is 0 Å². The van der Waals surface area contributed by atoms with Crippen LogP contribution < -0.4 is 10.1 Å². The third-order valence-corrected chi connectivity index (χ3v) is 5.62. The van der Waals surface area contributed by atoms with E-state index in [9.17, 15) is 13.6 Å². The lowest BCUT2D eigenvalue weighted by Crippen LogP contribution is -2.10. The van der Waals surface area contributed by atoms with Crippen LogP contribution in [0.1, 0.15) is 18.1 Å². The topological polar surface area (TPSA) is 51.5 Å². The lowest BCUT2D eigenvalue weighted by Gasteiger charge is -2.13. The van der Waals surface area contributed by atoms with Gasteiger partial charge in [-0.2, -0.15) is 0 Å². The SMILES string of the molecule is COc1c(/C(C)=C/C(=O)Nc2ccc(F)cc2F)cc2c(-c3ccc(Cl)cc3)coc2c1C. The minimum Gasteiger partial charge on any atom is -0.496 e. The number of fused-ring (bicyclic) bond motifs is 1. The Bertz CT molecular complexity index is 1390. The number of hydrogen-bond acceptors (Lipinski definition) is 3. The van der Waals surface area contributed by atoms with E-state index in [1.807, 2.05) is 25.1 Å². The summed E-state index contributed by atoms with van der Waals surface area (Å²) in [5, 5.41) is 3.92. The second-order valence-corrected chi connectivity index (χ2v) is 7.99. The molecule has 4 aromatic rings. The molecular weight excluding hydrogens is 448 g/mol. The zero-order chi connectivity index (χ0) is 23.7. The molecule has 0 unspecified atom stereocenters. The van der Waals surface area contributed by atoms with Crippen molar-refractivity contribution in [1.29, 1.82) is 0 Å². The zero-order valence-corrected chi connectivity index (χ0v) is 18.9. The van der Waals surface area contributed by atoms with Crippen LogP contribution in [0, 0.1) is 18.6 Å². The van der Waals surface area contributed by atoms with Crippen LogP contribution in [0.15, 0.2) is 65.3 Å². The molecule has 7 heteroatoms. The van der Waals surface area contributed by atoms with Crippen LogP contribution in [-0.2, 0) is 4.79 Å². The highest BCUT2D eigenvalue weighted by molar-refractivity contribution is 6.30. The zero-order valence-electron chi connectivity index (χ0n) is 18.1. The minimum absolute atomic E-state index is 0.107. The van der Waals surface area contributed by atoms with Gasteiger partial charge in [-0.25, -0.2) is 8.78 Å². The van der Waals surface area contributed by atoms with Crippen molar-refractivity contribution >= 4 is 39.7 Å². The summed E-state index contributed by atoms with van der Waals surface area (Å²) in [6, 6.07) is 12.3. The number of allylic oxidation sites excluding steroid dienone is 1. The number of carbonyl (C=O) groups excluding carboxylic acids is 1. The van der Waals surface area contributed by atoms with Gasteiger partial charge in [0.05, 0.1) is 19.1 Å². The van der Waals surface area contributed by atoms with Crippen molar-refractivity contribution in [2.24, 2.45) is 0 Å². The summed E-state index contributed by atoms with van der Waals surface area (Å²) in [7, 11) is 1.54. The van der Waals surface area contributed by atoms with E-state index in [0.717, 1.165) is 28.1 Å². The average molecular weight is 468 g/mol. The number of hydrogen-bond donors (Lipinski definition) is 1. The largest absolute Gasteiger partial charge is 0.496 e. The van der Waals surface area contributed by atoms with E-state index in [0.29, 0.717) is 33.6 Å². The third-order valence-electron chi connectivity index (χ3n) is 5.36. The number of carbonyl (C=O) groups is 1. The highest BCUT2D eigenvalue weighted by Gasteiger charge is 2.19. The quantitative estimate of drug-likeness (QED) is 0.311. The summed E-state index contributed by atoms with van der Waals surface area (Å²) in [5.74, 6) is -1.56. The van der Waals surface area contributed by atoms with Crippen LogP contribution in [0.3, 0.4) is 0 Å². The average Bonchev–Trinajstić information content (AvgIpc) is 3.20. The van der Waals surface area contributed by atoms with Crippen molar-refractivity contribution in [2.75, 3.05) is 12.4 Å². The van der Waals surface area contributed by atoms with Crippen LogP contribution >= 0.6 is 11.6 Å². The Hall–Kier alpha value is -3.64. The highest BCUT2D eigenvalue weighted by atomic mass is 35.5. The van der Waals surface area contributed by atoms with E-state index in [1.54, 1.807) is 32.4 Å². The van der Waals surface area contributed by atoms with Gasteiger partial charge >= 0.3 is 0 Å². The van der Waals surface area contributed by atoms with Crippen LogP contribution in [0.5, 0.6) is 5.75 Å². The number of furan rings is 1. The Morgan fingerprint density at radius 3 is 2.52 bits per heavy atom. The molecule has 1 N–H and O–H groups in total. The van der Waals surface area contributed by atoms with Gasteiger partial charge in [0.15, 0.2) is 0 Å². The molecule has 0 radical (unpaired) electrons. The molecule has 0 fully saturated rings. The molecule has 1 heterocycles. The number of ether oxygens (including phenoxy) is 1. The van der Waals surface area contributed by atoms with Crippen molar-refractivity contribution in [2.45, 2.75) is 13.8 Å². The van der Waals surface area contributed by atoms with Gasteiger partial charge in [0.1, 0.15) is 23.0 Å². The van der Waals surface area contributed by atoms with Crippen molar-refractivity contribution in [3.63, 3.8) is 0 Å². The van der Waals surface area contributed by atoms with Crippen LogP contribution in [0.2, 0.25) is 5.02 Å². The summed E-state index contributed by atoms with van der Waals surface area (Å²) in [4.78, 5) is 12.5. The maximum absolute atomic E-state index is 13.9. The molecule has 33 heavy (non-hydrogen) atoms. The van der Waals surface area contributed by atoms with Gasteiger partial charge in [-0.05, 0) is 55.3 Å². The lowest BCUT2D eigenvalue weighted by molar-refractivity contribution is -0.111. The molecule has 0 atom stereocenters. The number of anilines is 1. The van der Waals surface area contributed by atoms with E-state index >= 15 is 0 Å². The fraction of sp³-hybridized carbons (Fsp3) is 0.115. The molecular formula is C26H20ClF2NO3. The molecule has 0 saturated heterocycles. The van der Waals surface area contributed by atoms with Gasteiger partial charge in [0.2, 0.25) is 5.91 Å². The molecule has 0 aliphatic heterocycles. The number of halogens is 3. The first kappa shape index (κ1) is 22.6. The predicted molar refractivity (Wildman–Crippen MR) is 127 cm³/mol. The predicted octanol–water partition coefficient (Wildman–Crippen LogP) is 7.39. The van der Waals surface area contributed by atoms with Crippen molar-refractivity contribution in [1.82, 2.24) is 0 Å². The third kappa shape index (κ3) is 4.47. The van der Waals surface area contributed by atoms with E-state index in [1.165, 1.54) is 12.1 Å². The molecule has 0 aliphatic carbocycles. The number of nitrogens with one attached hydrogen (secondary N) is 1. The molecule has 1 amide bonds.